The lowest BCUT2D eigenvalue weighted by atomic mass is 10.1. The van der Waals surface area contributed by atoms with E-state index < -0.39 is 0 Å². The van der Waals surface area contributed by atoms with Gasteiger partial charge in [0.15, 0.2) is 0 Å². The van der Waals surface area contributed by atoms with Crippen LogP contribution in [0, 0.1) is 0 Å². The van der Waals surface area contributed by atoms with Crippen molar-refractivity contribution in [1.82, 2.24) is 5.32 Å². The summed E-state index contributed by atoms with van der Waals surface area (Å²) in [5, 5.41) is 2.77. The topological polar surface area (TPSA) is 55.1 Å². The van der Waals surface area contributed by atoms with Gasteiger partial charge in [-0.2, -0.15) is 0 Å². The van der Waals surface area contributed by atoms with E-state index in [-0.39, 0.29) is 5.91 Å². The van der Waals surface area contributed by atoms with Gasteiger partial charge < -0.3 is 11.1 Å². The Labute approximate surface area is 116 Å². The van der Waals surface area contributed by atoms with Crippen LogP contribution in [0.1, 0.15) is 26.9 Å². The summed E-state index contributed by atoms with van der Waals surface area (Å²) in [4.78, 5) is 11.7. The van der Waals surface area contributed by atoms with E-state index in [2.05, 4.69) is 17.4 Å². The van der Waals surface area contributed by atoms with Gasteiger partial charge in [0.05, 0.1) is 4.58 Å². The Bertz CT molecular complexity index is 388. The minimum atomic E-state index is -0.0454. The molecule has 1 saturated heterocycles. The van der Waals surface area contributed by atoms with Crippen molar-refractivity contribution in [3.8, 4) is 0 Å². The Morgan fingerprint density at radius 2 is 1.94 bits per heavy atom. The van der Waals surface area contributed by atoms with Gasteiger partial charge >= 0.3 is 0 Å². The number of nitrogens with one attached hydrogen (secondary N) is 1. The second-order valence-corrected chi connectivity index (χ2v) is 6.82. The van der Waals surface area contributed by atoms with Gasteiger partial charge in [0.25, 0.3) is 5.91 Å². The molecule has 0 saturated carbocycles. The number of benzene rings is 1. The van der Waals surface area contributed by atoms with Crippen LogP contribution in [0.5, 0.6) is 0 Å². The molecule has 1 aliphatic rings. The molecular weight excluding hydrogens is 264 g/mol. The largest absolute Gasteiger partial charge is 0.351 e. The molecule has 0 aliphatic carbocycles. The lowest BCUT2D eigenvalue weighted by Crippen LogP contribution is -2.28. The van der Waals surface area contributed by atoms with Crippen molar-refractivity contribution in [3.63, 3.8) is 0 Å². The third-order valence-electron chi connectivity index (χ3n) is 2.70. The van der Waals surface area contributed by atoms with E-state index in [4.69, 9.17) is 5.73 Å². The zero-order chi connectivity index (χ0) is 12.8. The molecule has 1 amide bonds. The van der Waals surface area contributed by atoms with Crippen LogP contribution < -0.4 is 11.1 Å². The Morgan fingerprint density at radius 3 is 2.56 bits per heavy atom. The normalized spacial score (nSPS) is 16.5. The molecule has 1 heterocycles. The van der Waals surface area contributed by atoms with Crippen molar-refractivity contribution in [2.45, 2.75) is 11.0 Å². The van der Waals surface area contributed by atoms with E-state index in [1.54, 1.807) is 0 Å². The van der Waals surface area contributed by atoms with Crippen molar-refractivity contribution in [2.75, 3.05) is 24.6 Å². The monoisotopic (exact) mass is 282 g/mol. The Morgan fingerprint density at radius 1 is 1.28 bits per heavy atom. The van der Waals surface area contributed by atoms with Crippen LogP contribution in [0.15, 0.2) is 24.3 Å². The molecule has 1 aromatic carbocycles. The SMILES string of the molecule is NCCNC(=O)c1ccc(C2SCCCS2)cc1. The molecule has 0 radical (unpaired) electrons. The summed E-state index contributed by atoms with van der Waals surface area (Å²) in [7, 11) is 0. The molecule has 0 unspecified atom stereocenters. The average Bonchev–Trinajstić information content (AvgIpc) is 2.46. The second-order valence-electron chi connectivity index (χ2n) is 4.09. The zero-order valence-electron chi connectivity index (χ0n) is 10.2. The minimum absolute atomic E-state index is 0.0454. The summed E-state index contributed by atoms with van der Waals surface area (Å²) in [5.41, 5.74) is 7.37. The fourth-order valence-electron chi connectivity index (χ4n) is 1.76. The summed E-state index contributed by atoms with van der Waals surface area (Å²) < 4.78 is 0.528. The van der Waals surface area contributed by atoms with E-state index in [1.807, 2.05) is 35.7 Å². The Hall–Kier alpha value is -0.650. The highest BCUT2D eigenvalue weighted by molar-refractivity contribution is 8.16. The number of hydrogen-bond acceptors (Lipinski definition) is 4. The number of amides is 1. The third-order valence-corrected chi connectivity index (χ3v) is 5.72. The number of hydrogen-bond donors (Lipinski definition) is 2. The van der Waals surface area contributed by atoms with Gasteiger partial charge in [-0.05, 0) is 35.6 Å². The highest BCUT2D eigenvalue weighted by Crippen LogP contribution is 2.43. The van der Waals surface area contributed by atoms with Crippen LogP contribution in [-0.2, 0) is 0 Å². The lowest BCUT2D eigenvalue weighted by Gasteiger charge is -2.21. The molecule has 98 valence electrons. The van der Waals surface area contributed by atoms with Crippen LogP contribution in [0.2, 0.25) is 0 Å². The number of carbonyl (C=O) groups excluding carboxylic acids is 1. The van der Waals surface area contributed by atoms with Crippen molar-refractivity contribution in [2.24, 2.45) is 5.73 Å². The standard InChI is InChI=1S/C13H18N2OS2/c14-6-7-15-12(16)10-2-4-11(5-3-10)13-17-8-1-9-18-13/h2-5,13H,1,6-9,14H2,(H,15,16). The number of nitrogens with two attached hydrogens (primary N) is 1. The zero-order valence-corrected chi connectivity index (χ0v) is 11.9. The van der Waals surface area contributed by atoms with E-state index in [9.17, 15) is 4.79 Å². The van der Waals surface area contributed by atoms with Gasteiger partial charge in [-0.15, -0.1) is 23.5 Å². The maximum Gasteiger partial charge on any atom is 0.251 e. The van der Waals surface area contributed by atoms with Crippen LogP contribution in [0.4, 0.5) is 0 Å². The number of rotatable bonds is 4. The predicted octanol–water partition coefficient (Wildman–Crippen LogP) is 2.24. The number of thioether (sulfide) groups is 2. The van der Waals surface area contributed by atoms with E-state index in [1.165, 1.54) is 23.5 Å². The smallest absolute Gasteiger partial charge is 0.251 e. The Balaban J connectivity index is 1.98. The number of carbonyl (C=O) groups is 1. The molecule has 0 spiro atoms. The van der Waals surface area contributed by atoms with Gasteiger partial charge in [0.2, 0.25) is 0 Å². The third kappa shape index (κ3) is 3.67. The maximum atomic E-state index is 11.7. The van der Waals surface area contributed by atoms with Crippen LogP contribution in [0.25, 0.3) is 0 Å². The molecule has 2 rings (SSSR count). The van der Waals surface area contributed by atoms with Crippen molar-refractivity contribution < 1.29 is 4.79 Å². The fourth-order valence-corrected chi connectivity index (χ4v) is 4.65. The molecule has 3 nitrogen and oxygen atoms in total. The van der Waals surface area contributed by atoms with E-state index in [0.29, 0.717) is 23.2 Å². The molecule has 1 aliphatic heterocycles. The lowest BCUT2D eigenvalue weighted by molar-refractivity contribution is 0.0955. The molecule has 1 aromatic rings. The van der Waals surface area contributed by atoms with Crippen molar-refractivity contribution >= 4 is 29.4 Å². The molecule has 0 bridgehead atoms. The summed E-state index contributed by atoms with van der Waals surface area (Å²) in [5.74, 6) is 2.42. The minimum Gasteiger partial charge on any atom is -0.351 e. The van der Waals surface area contributed by atoms with Crippen molar-refractivity contribution in [1.29, 1.82) is 0 Å². The van der Waals surface area contributed by atoms with Crippen LogP contribution in [0.3, 0.4) is 0 Å². The summed E-state index contributed by atoms with van der Waals surface area (Å²) in [6, 6.07) is 7.93. The fraction of sp³-hybridized carbons (Fsp3) is 0.462. The molecule has 18 heavy (non-hydrogen) atoms. The van der Waals surface area contributed by atoms with Gasteiger partial charge in [0, 0.05) is 18.7 Å². The van der Waals surface area contributed by atoms with Gasteiger partial charge in [0.1, 0.15) is 0 Å². The average molecular weight is 282 g/mol. The molecule has 3 N–H and O–H groups in total. The first-order valence-corrected chi connectivity index (χ1v) is 8.22. The molecule has 5 heteroatoms. The van der Waals surface area contributed by atoms with Gasteiger partial charge in [-0.25, -0.2) is 0 Å². The summed E-state index contributed by atoms with van der Waals surface area (Å²) >= 11 is 3.98. The van der Waals surface area contributed by atoms with Gasteiger partial charge in [-0.3, -0.25) is 4.79 Å². The maximum absolute atomic E-state index is 11.7. The molecule has 0 atom stereocenters. The first-order chi connectivity index (χ1) is 8.81. The quantitative estimate of drug-likeness (QED) is 0.889. The van der Waals surface area contributed by atoms with Gasteiger partial charge in [-0.1, -0.05) is 12.1 Å². The summed E-state index contributed by atoms with van der Waals surface area (Å²) in [6.45, 7) is 0.994. The molecule has 0 aromatic heterocycles. The highest BCUT2D eigenvalue weighted by atomic mass is 32.2. The molecule has 1 fully saturated rings. The van der Waals surface area contributed by atoms with Crippen molar-refractivity contribution in [3.05, 3.63) is 35.4 Å². The first-order valence-electron chi connectivity index (χ1n) is 6.12. The van der Waals surface area contributed by atoms with E-state index in [0.717, 1.165) is 0 Å². The summed E-state index contributed by atoms with van der Waals surface area (Å²) in [6.07, 6.45) is 1.30. The van der Waals surface area contributed by atoms with Crippen LogP contribution >= 0.6 is 23.5 Å². The van der Waals surface area contributed by atoms with E-state index >= 15 is 0 Å². The predicted molar refractivity (Wildman–Crippen MR) is 80.1 cm³/mol. The van der Waals surface area contributed by atoms with Crippen LogP contribution in [-0.4, -0.2) is 30.5 Å². The highest BCUT2D eigenvalue weighted by Gasteiger charge is 2.16. The second kappa shape index (κ2) is 7.07. The Kier molecular flexibility index (Phi) is 5.41. The first kappa shape index (κ1) is 13.8. The molecular formula is C13H18N2OS2.